The number of thiocarbonyl (C=S) groups is 1. The topological polar surface area (TPSA) is 58.6 Å². The fourth-order valence-electron chi connectivity index (χ4n) is 3.80. The van der Waals surface area contributed by atoms with Gasteiger partial charge in [0.2, 0.25) is 0 Å². The second-order valence-corrected chi connectivity index (χ2v) is 8.39. The lowest BCUT2D eigenvalue weighted by atomic mass is 10.0. The molecule has 1 fully saturated rings. The van der Waals surface area contributed by atoms with Crippen LogP contribution in [-0.4, -0.2) is 16.9 Å². The number of nitrogens with zero attached hydrogens (tertiary/aromatic N) is 1. The Balaban J connectivity index is 1.41. The SMILES string of the molecule is O=C1NC(=S)N(c2ccc(Oc3ccccc3)cc2)C(=O)C1=Cc1cccc(-c2ccc(F)cc2)c1. The lowest BCUT2D eigenvalue weighted by Gasteiger charge is -2.29. The number of hydrogen-bond acceptors (Lipinski definition) is 4. The van der Waals surface area contributed by atoms with E-state index in [2.05, 4.69) is 5.32 Å². The molecule has 0 atom stereocenters. The van der Waals surface area contributed by atoms with Gasteiger partial charge in [0.05, 0.1) is 5.69 Å². The summed E-state index contributed by atoms with van der Waals surface area (Å²) in [5, 5.41) is 2.59. The summed E-state index contributed by atoms with van der Waals surface area (Å²) in [6, 6.07) is 29.6. The normalized spacial score (nSPS) is 14.6. The molecule has 5 rings (SSSR count). The third-order valence-electron chi connectivity index (χ3n) is 5.55. The van der Waals surface area contributed by atoms with Crippen LogP contribution in [0.1, 0.15) is 5.56 Å². The predicted molar refractivity (Wildman–Crippen MR) is 141 cm³/mol. The van der Waals surface area contributed by atoms with Gasteiger partial charge in [-0.15, -0.1) is 0 Å². The van der Waals surface area contributed by atoms with Crippen molar-refractivity contribution in [2.24, 2.45) is 0 Å². The van der Waals surface area contributed by atoms with E-state index in [0.29, 0.717) is 22.7 Å². The summed E-state index contributed by atoms with van der Waals surface area (Å²) in [5.41, 5.74) is 2.74. The zero-order valence-corrected chi connectivity index (χ0v) is 19.7. The average Bonchev–Trinajstić information content (AvgIpc) is 2.89. The largest absolute Gasteiger partial charge is 0.457 e. The molecule has 0 unspecified atom stereocenters. The maximum Gasteiger partial charge on any atom is 0.270 e. The molecule has 5 nitrogen and oxygen atoms in total. The highest BCUT2D eigenvalue weighted by Gasteiger charge is 2.34. The van der Waals surface area contributed by atoms with Crippen LogP contribution in [-0.2, 0) is 9.59 Å². The number of para-hydroxylation sites is 1. The van der Waals surface area contributed by atoms with Crippen molar-refractivity contribution in [3.8, 4) is 22.6 Å². The van der Waals surface area contributed by atoms with E-state index in [4.69, 9.17) is 17.0 Å². The number of anilines is 1. The van der Waals surface area contributed by atoms with Gasteiger partial charge in [0.1, 0.15) is 22.9 Å². The van der Waals surface area contributed by atoms with Crippen molar-refractivity contribution in [3.63, 3.8) is 0 Å². The molecule has 0 spiro atoms. The van der Waals surface area contributed by atoms with Crippen LogP contribution < -0.4 is 15.0 Å². The van der Waals surface area contributed by atoms with Crippen molar-refractivity contribution in [2.45, 2.75) is 0 Å². The number of ether oxygens (including phenoxy) is 1. The number of nitrogens with one attached hydrogen (secondary N) is 1. The second-order valence-electron chi connectivity index (χ2n) is 8.00. The Hall–Kier alpha value is -4.62. The second kappa shape index (κ2) is 9.93. The molecule has 36 heavy (non-hydrogen) atoms. The summed E-state index contributed by atoms with van der Waals surface area (Å²) in [7, 11) is 0. The molecule has 0 aliphatic carbocycles. The first-order valence-electron chi connectivity index (χ1n) is 11.1. The molecule has 0 radical (unpaired) electrons. The van der Waals surface area contributed by atoms with E-state index < -0.39 is 11.8 Å². The minimum Gasteiger partial charge on any atom is -0.457 e. The molecule has 4 aromatic carbocycles. The van der Waals surface area contributed by atoms with Gasteiger partial charge in [-0.05, 0) is 89.6 Å². The Morgan fingerprint density at radius 2 is 1.47 bits per heavy atom. The molecule has 7 heteroatoms. The van der Waals surface area contributed by atoms with Crippen LogP contribution in [0.15, 0.2) is 109 Å². The quantitative estimate of drug-likeness (QED) is 0.206. The van der Waals surface area contributed by atoms with Crippen LogP contribution in [0.5, 0.6) is 11.5 Å². The molecule has 1 heterocycles. The van der Waals surface area contributed by atoms with Crippen molar-refractivity contribution >= 4 is 40.9 Å². The number of carbonyl (C=O) groups is 2. The lowest BCUT2D eigenvalue weighted by molar-refractivity contribution is -0.122. The van der Waals surface area contributed by atoms with E-state index in [-0.39, 0.29) is 16.5 Å². The van der Waals surface area contributed by atoms with E-state index in [9.17, 15) is 14.0 Å². The monoisotopic (exact) mass is 494 g/mol. The molecule has 4 aromatic rings. The van der Waals surface area contributed by atoms with Crippen molar-refractivity contribution in [1.29, 1.82) is 0 Å². The average molecular weight is 495 g/mol. The standard InChI is InChI=1S/C29H19FN2O3S/c30-22-11-9-20(10-12-22)21-6-4-5-19(17-21)18-26-27(33)31-29(36)32(28(26)34)23-13-15-25(16-14-23)35-24-7-2-1-3-8-24/h1-18H,(H,31,33,36). The van der Waals surface area contributed by atoms with E-state index in [1.807, 2.05) is 48.5 Å². The van der Waals surface area contributed by atoms with Gasteiger partial charge in [0, 0.05) is 0 Å². The van der Waals surface area contributed by atoms with Crippen molar-refractivity contribution in [2.75, 3.05) is 4.90 Å². The third-order valence-corrected chi connectivity index (χ3v) is 5.84. The first-order valence-corrected chi connectivity index (χ1v) is 11.5. The highest BCUT2D eigenvalue weighted by Crippen LogP contribution is 2.28. The summed E-state index contributed by atoms with van der Waals surface area (Å²) in [6.45, 7) is 0. The van der Waals surface area contributed by atoms with Crippen molar-refractivity contribution < 1.29 is 18.7 Å². The third kappa shape index (κ3) is 4.92. The molecule has 0 bridgehead atoms. The number of hydrogen-bond donors (Lipinski definition) is 1. The van der Waals surface area contributed by atoms with Gasteiger partial charge < -0.3 is 4.74 Å². The smallest absolute Gasteiger partial charge is 0.270 e. The Bertz CT molecular complexity index is 1480. The molecule has 1 N–H and O–H groups in total. The predicted octanol–water partition coefficient (Wildman–Crippen LogP) is 6.12. The highest BCUT2D eigenvalue weighted by atomic mass is 32.1. The number of amides is 2. The molecule has 0 saturated carbocycles. The van der Waals surface area contributed by atoms with Crippen LogP contribution in [0.4, 0.5) is 10.1 Å². The number of benzene rings is 4. The van der Waals surface area contributed by atoms with Gasteiger partial charge in [-0.1, -0.05) is 48.5 Å². The molecule has 1 aliphatic rings. The van der Waals surface area contributed by atoms with Crippen LogP contribution >= 0.6 is 12.2 Å². The van der Waals surface area contributed by atoms with E-state index in [1.165, 1.54) is 23.1 Å². The van der Waals surface area contributed by atoms with Crippen LogP contribution in [0, 0.1) is 5.82 Å². The van der Waals surface area contributed by atoms with Gasteiger partial charge in [0.15, 0.2) is 5.11 Å². The van der Waals surface area contributed by atoms with E-state index in [0.717, 1.165) is 11.1 Å². The Morgan fingerprint density at radius 1 is 0.778 bits per heavy atom. The number of rotatable bonds is 5. The van der Waals surface area contributed by atoms with Gasteiger partial charge in [-0.2, -0.15) is 0 Å². The molecule has 1 saturated heterocycles. The molecule has 2 amide bonds. The highest BCUT2D eigenvalue weighted by molar-refractivity contribution is 7.80. The zero-order chi connectivity index (χ0) is 25.1. The van der Waals surface area contributed by atoms with Gasteiger partial charge in [-0.3, -0.25) is 19.8 Å². The Labute approximate surface area is 212 Å². The van der Waals surface area contributed by atoms with Gasteiger partial charge in [0.25, 0.3) is 11.8 Å². The molecule has 1 aliphatic heterocycles. The van der Waals surface area contributed by atoms with Crippen molar-refractivity contribution in [1.82, 2.24) is 5.32 Å². The summed E-state index contributed by atoms with van der Waals surface area (Å²) in [5.74, 6) is -0.143. The first-order chi connectivity index (χ1) is 17.5. The Kier molecular flexibility index (Phi) is 6.38. The fourth-order valence-corrected chi connectivity index (χ4v) is 4.08. The maximum absolute atomic E-state index is 13.4. The van der Waals surface area contributed by atoms with Gasteiger partial charge in [-0.25, -0.2) is 4.39 Å². The molecular weight excluding hydrogens is 475 g/mol. The Morgan fingerprint density at radius 3 is 2.19 bits per heavy atom. The van der Waals surface area contributed by atoms with E-state index in [1.54, 1.807) is 42.5 Å². The summed E-state index contributed by atoms with van der Waals surface area (Å²) < 4.78 is 19.1. The fraction of sp³-hybridized carbons (Fsp3) is 0. The first kappa shape index (κ1) is 23.1. The zero-order valence-electron chi connectivity index (χ0n) is 18.9. The molecule has 0 aromatic heterocycles. The summed E-state index contributed by atoms with van der Waals surface area (Å²) in [6.07, 6.45) is 1.52. The van der Waals surface area contributed by atoms with E-state index >= 15 is 0 Å². The number of carbonyl (C=O) groups excluding carboxylic acids is 2. The van der Waals surface area contributed by atoms with Crippen LogP contribution in [0.2, 0.25) is 0 Å². The van der Waals surface area contributed by atoms with Gasteiger partial charge >= 0.3 is 0 Å². The summed E-state index contributed by atoms with van der Waals surface area (Å²) in [4.78, 5) is 27.3. The molecular formula is C29H19FN2O3S. The van der Waals surface area contributed by atoms with Crippen LogP contribution in [0.25, 0.3) is 17.2 Å². The maximum atomic E-state index is 13.4. The summed E-state index contributed by atoms with van der Waals surface area (Å²) >= 11 is 5.30. The van der Waals surface area contributed by atoms with Crippen LogP contribution in [0.3, 0.4) is 0 Å². The minimum atomic E-state index is -0.572. The lowest BCUT2D eigenvalue weighted by Crippen LogP contribution is -2.54. The van der Waals surface area contributed by atoms with Crippen molar-refractivity contribution in [3.05, 3.63) is 120 Å². The number of halogens is 1. The molecule has 176 valence electrons. The minimum absolute atomic E-state index is 0.000981.